The number of ether oxygens (including phenoxy) is 2. The van der Waals surface area contributed by atoms with Crippen molar-refractivity contribution in [3.8, 4) is 0 Å². The van der Waals surface area contributed by atoms with Crippen molar-refractivity contribution < 1.29 is 34.4 Å². The minimum atomic E-state index is -1.26. The van der Waals surface area contributed by atoms with Gasteiger partial charge < -0.3 is 39.4 Å². The van der Waals surface area contributed by atoms with Crippen LogP contribution in [-0.4, -0.2) is 91.4 Å². The minimum Gasteiger partial charge on any atom is -0.438 e. The summed E-state index contributed by atoms with van der Waals surface area (Å²) in [6.45, 7) is 5.01. The Morgan fingerprint density at radius 3 is 2.67 bits per heavy atom. The summed E-state index contributed by atoms with van der Waals surface area (Å²) in [4.78, 5) is 25.4. The van der Waals surface area contributed by atoms with Crippen LogP contribution in [0.2, 0.25) is 0 Å². The van der Waals surface area contributed by atoms with Crippen LogP contribution in [0.15, 0.2) is 18.2 Å². The zero-order valence-electron chi connectivity index (χ0n) is 19.4. The van der Waals surface area contributed by atoms with Crippen LogP contribution in [0.25, 0.3) is 0 Å². The van der Waals surface area contributed by atoms with E-state index in [1.807, 2.05) is 0 Å². The first-order chi connectivity index (χ1) is 16.0. The number of fused-ring (bicyclic) bond motifs is 2. The summed E-state index contributed by atoms with van der Waals surface area (Å²) in [5.41, 5.74) is 4.82. The van der Waals surface area contributed by atoms with Gasteiger partial charge in [-0.3, -0.25) is 4.79 Å². The molecule has 184 valence electrons. The van der Waals surface area contributed by atoms with Gasteiger partial charge in [0.25, 0.3) is 6.47 Å². The number of carbonyl (C=O) groups is 2. The SMILES string of the molecule is CN1CCN2CC3CCCC3c3cccc(c32)C1.CO.O=COC1CC(O)C(O)C(C=O)O1. The Kier molecular flexibility index (Phi) is 9.22. The van der Waals surface area contributed by atoms with Crippen molar-refractivity contribution in [3.63, 3.8) is 0 Å². The van der Waals surface area contributed by atoms with E-state index in [1.165, 1.54) is 38.9 Å². The lowest BCUT2D eigenvalue weighted by Gasteiger charge is -2.38. The summed E-state index contributed by atoms with van der Waals surface area (Å²) < 4.78 is 9.23. The first-order valence-electron chi connectivity index (χ1n) is 11.6. The summed E-state index contributed by atoms with van der Waals surface area (Å²) in [6, 6.07) is 7.02. The van der Waals surface area contributed by atoms with Crippen LogP contribution in [0.3, 0.4) is 0 Å². The molecule has 2 fully saturated rings. The van der Waals surface area contributed by atoms with Crippen molar-refractivity contribution in [3.05, 3.63) is 29.3 Å². The van der Waals surface area contributed by atoms with Gasteiger partial charge in [0, 0.05) is 45.4 Å². The summed E-state index contributed by atoms with van der Waals surface area (Å²) in [6.07, 6.45) is 0.133. The number of nitrogens with zero attached hydrogens (tertiary/aromatic N) is 2. The van der Waals surface area contributed by atoms with Crippen molar-refractivity contribution in [2.45, 2.75) is 62.7 Å². The standard InChI is InChI=1S/C16H22N2.C7H10O6.CH4O/c1-17-8-9-18-11-12-4-2-6-14(12)15-7-3-5-13(10-17)16(15)18;8-2-5-7(11)4(10)1-6(13-5)12-3-9;1-2/h3,5,7,12,14H,2,4,6,8-11H2,1H3;2-7,10-11H,1H2;2H,1H3. The Morgan fingerprint density at radius 1 is 1.15 bits per heavy atom. The maximum atomic E-state index is 10.3. The number of carbonyl (C=O) groups excluding carboxylic acids is 2. The van der Waals surface area contributed by atoms with Gasteiger partial charge in [-0.1, -0.05) is 24.6 Å². The van der Waals surface area contributed by atoms with Gasteiger partial charge in [0.2, 0.25) is 6.29 Å². The van der Waals surface area contributed by atoms with Gasteiger partial charge in [-0.2, -0.15) is 0 Å². The Labute approximate surface area is 194 Å². The average molecular weight is 465 g/mol. The molecular weight excluding hydrogens is 428 g/mol. The van der Waals surface area contributed by atoms with Crippen LogP contribution in [0.1, 0.15) is 42.7 Å². The number of hydrogen-bond donors (Lipinski definition) is 3. The maximum Gasteiger partial charge on any atom is 0.295 e. The molecule has 0 amide bonds. The fourth-order valence-electron chi connectivity index (χ4n) is 5.46. The van der Waals surface area contributed by atoms with Crippen molar-refractivity contribution >= 4 is 18.4 Å². The molecule has 1 saturated heterocycles. The molecule has 5 rings (SSSR count). The molecule has 3 N–H and O–H groups in total. The summed E-state index contributed by atoms with van der Waals surface area (Å²) >= 11 is 0. The Morgan fingerprint density at radius 2 is 1.94 bits per heavy atom. The van der Waals surface area contributed by atoms with E-state index in [2.05, 4.69) is 39.8 Å². The van der Waals surface area contributed by atoms with Crippen LogP contribution >= 0.6 is 0 Å². The third-order valence-corrected chi connectivity index (χ3v) is 6.99. The topological polar surface area (TPSA) is 120 Å². The first-order valence-corrected chi connectivity index (χ1v) is 11.6. The molecule has 4 aliphatic rings. The van der Waals surface area contributed by atoms with Gasteiger partial charge >= 0.3 is 0 Å². The highest BCUT2D eigenvalue weighted by molar-refractivity contribution is 5.64. The van der Waals surface area contributed by atoms with Crippen LogP contribution in [-0.2, 0) is 25.6 Å². The maximum absolute atomic E-state index is 10.3. The summed E-state index contributed by atoms with van der Waals surface area (Å²) in [5.74, 6) is 1.79. The molecule has 0 spiro atoms. The smallest absolute Gasteiger partial charge is 0.295 e. The molecule has 1 aliphatic carbocycles. The monoisotopic (exact) mass is 464 g/mol. The number of aldehydes is 1. The number of hydrogen-bond acceptors (Lipinski definition) is 9. The third-order valence-electron chi connectivity index (χ3n) is 6.99. The van der Waals surface area contributed by atoms with E-state index in [0.29, 0.717) is 6.29 Å². The molecule has 1 aromatic carbocycles. The molecule has 6 unspecified atom stereocenters. The predicted molar refractivity (Wildman–Crippen MR) is 122 cm³/mol. The molecular formula is C24H36N2O7. The van der Waals surface area contributed by atoms with Crippen LogP contribution in [0.4, 0.5) is 5.69 Å². The molecule has 1 aromatic rings. The number of likely N-dealkylation sites (N-methyl/N-ethyl adjacent to an activating group) is 1. The third kappa shape index (κ3) is 5.73. The number of rotatable bonds is 3. The van der Waals surface area contributed by atoms with Crippen molar-refractivity contribution in [2.24, 2.45) is 5.92 Å². The molecule has 0 bridgehead atoms. The predicted octanol–water partition coefficient (Wildman–Crippen LogP) is 0.639. The normalized spacial score (nSPS) is 32.6. The zero-order valence-corrected chi connectivity index (χ0v) is 19.4. The van der Waals surface area contributed by atoms with Crippen LogP contribution < -0.4 is 4.90 Å². The lowest BCUT2D eigenvalue weighted by molar-refractivity contribution is -0.231. The number of aliphatic hydroxyl groups is 3. The minimum absolute atomic E-state index is 0.0375. The highest BCUT2D eigenvalue weighted by Crippen LogP contribution is 2.49. The fraction of sp³-hybridized carbons (Fsp3) is 0.667. The molecule has 33 heavy (non-hydrogen) atoms. The Bertz CT molecular complexity index is 792. The molecule has 9 nitrogen and oxygen atoms in total. The Hall–Kier alpha value is -2.04. The second-order valence-electron chi connectivity index (χ2n) is 9.03. The molecule has 0 radical (unpaired) electrons. The molecule has 3 aliphatic heterocycles. The van der Waals surface area contributed by atoms with Gasteiger partial charge in [0.15, 0.2) is 6.29 Å². The zero-order chi connectivity index (χ0) is 24.0. The average Bonchev–Trinajstić information content (AvgIpc) is 3.24. The number of aliphatic hydroxyl groups excluding tert-OH is 3. The highest BCUT2D eigenvalue weighted by Gasteiger charge is 2.38. The lowest BCUT2D eigenvalue weighted by atomic mass is 9.82. The second-order valence-corrected chi connectivity index (χ2v) is 9.03. The molecule has 1 saturated carbocycles. The highest BCUT2D eigenvalue weighted by atomic mass is 16.7. The van der Waals surface area contributed by atoms with Crippen LogP contribution in [0, 0.1) is 5.92 Å². The van der Waals surface area contributed by atoms with Crippen molar-refractivity contribution in [2.75, 3.05) is 38.7 Å². The van der Waals surface area contributed by atoms with E-state index in [0.717, 1.165) is 25.5 Å². The Balaban J connectivity index is 0.000000182. The number of anilines is 1. The van der Waals surface area contributed by atoms with E-state index < -0.39 is 24.6 Å². The van der Waals surface area contributed by atoms with E-state index >= 15 is 0 Å². The largest absolute Gasteiger partial charge is 0.438 e. The molecule has 0 aromatic heterocycles. The van der Waals surface area contributed by atoms with Gasteiger partial charge in [0.05, 0.1) is 6.10 Å². The van der Waals surface area contributed by atoms with E-state index in [1.54, 1.807) is 16.8 Å². The summed E-state index contributed by atoms with van der Waals surface area (Å²) in [7, 11) is 3.25. The van der Waals surface area contributed by atoms with Gasteiger partial charge in [-0.25, -0.2) is 0 Å². The lowest BCUT2D eigenvalue weighted by Crippen LogP contribution is -2.49. The van der Waals surface area contributed by atoms with E-state index in [-0.39, 0.29) is 12.9 Å². The van der Waals surface area contributed by atoms with Crippen molar-refractivity contribution in [1.82, 2.24) is 4.90 Å². The molecule has 6 atom stereocenters. The van der Waals surface area contributed by atoms with Gasteiger partial charge in [0.1, 0.15) is 12.2 Å². The fourth-order valence-corrected chi connectivity index (χ4v) is 5.46. The quantitative estimate of drug-likeness (QED) is 0.554. The van der Waals surface area contributed by atoms with Gasteiger partial charge in [-0.15, -0.1) is 0 Å². The van der Waals surface area contributed by atoms with Gasteiger partial charge in [-0.05, 0) is 42.9 Å². The molecule has 3 heterocycles. The second kappa shape index (κ2) is 11.9. The number of para-hydroxylation sites is 1. The van der Waals surface area contributed by atoms with Crippen LogP contribution in [0.5, 0.6) is 0 Å². The number of benzene rings is 1. The first kappa shape index (κ1) is 25.6. The van der Waals surface area contributed by atoms with E-state index in [4.69, 9.17) is 9.84 Å². The summed E-state index contributed by atoms with van der Waals surface area (Å²) in [5, 5.41) is 25.4. The van der Waals surface area contributed by atoms with Crippen molar-refractivity contribution in [1.29, 1.82) is 0 Å². The molecule has 9 heteroatoms. The van der Waals surface area contributed by atoms with E-state index in [9.17, 15) is 19.8 Å².